The van der Waals surface area contributed by atoms with Crippen LogP contribution in [0.4, 0.5) is 0 Å². The lowest BCUT2D eigenvalue weighted by Gasteiger charge is -1.84. The molecule has 2 aromatic rings. The van der Waals surface area contributed by atoms with E-state index in [4.69, 9.17) is 17.3 Å². The highest BCUT2D eigenvalue weighted by Gasteiger charge is 2.07. The smallest absolute Gasteiger partial charge is 0.265 e. The van der Waals surface area contributed by atoms with Gasteiger partial charge in [-0.15, -0.1) is 11.3 Å². The molecule has 0 atom stereocenters. The van der Waals surface area contributed by atoms with Crippen molar-refractivity contribution in [1.29, 1.82) is 0 Å². The van der Waals surface area contributed by atoms with E-state index in [9.17, 15) is 4.79 Å². The number of thiophene rings is 1. The Hall–Kier alpha value is -1.00. The molecule has 2 aromatic heterocycles. The molecule has 0 radical (unpaired) electrons. The first kappa shape index (κ1) is 7.64. The van der Waals surface area contributed by atoms with Crippen molar-refractivity contribution in [2.24, 2.45) is 5.73 Å². The van der Waals surface area contributed by atoms with Gasteiger partial charge in [-0.1, -0.05) is 11.6 Å². The minimum atomic E-state index is -0.450. The number of amides is 1. The van der Waals surface area contributed by atoms with Crippen molar-refractivity contribution in [1.82, 2.24) is 4.98 Å². The number of H-pyrrole nitrogens is 1. The summed E-state index contributed by atoms with van der Waals surface area (Å²) in [6, 6.07) is 3.49. The van der Waals surface area contributed by atoms with E-state index in [1.54, 1.807) is 12.1 Å². The van der Waals surface area contributed by atoms with E-state index >= 15 is 0 Å². The largest absolute Gasteiger partial charge is 0.364 e. The number of aromatic amines is 1. The van der Waals surface area contributed by atoms with Crippen molar-refractivity contribution in [2.75, 3.05) is 0 Å². The van der Waals surface area contributed by atoms with Crippen LogP contribution in [0.25, 0.3) is 10.2 Å². The van der Waals surface area contributed by atoms with Crippen molar-refractivity contribution in [2.45, 2.75) is 0 Å². The number of halogens is 1. The average Bonchev–Trinajstić information content (AvgIpc) is 2.42. The van der Waals surface area contributed by atoms with E-state index < -0.39 is 5.91 Å². The first-order valence-corrected chi connectivity index (χ1v) is 4.44. The van der Waals surface area contributed by atoms with Crippen LogP contribution < -0.4 is 5.73 Å². The topological polar surface area (TPSA) is 58.9 Å². The predicted molar refractivity (Wildman–Crippen MR) is 49.7 cm³/mol. The van der Waals surface area contributed by atoms with Crippen LogP contribution in [0.15, 0.2) is 12.1 Å². The van der Waals surface area contributed by atoms with Crippen LogP contribution >= 0.6 is 22.9 Å². The van der Waals surface area contributed by atoms with E-state index in [1.807, 2.05) is 0 Å². The molecule has 5 heteroatoms. The van der Waals surface area contributed by atoms with Crippen molar-refractivity contribution in [3.8, 4) is 0 Å². The molecular weight excluding hydrogens is 196 g/mol. The molecule has 3 nitrogen and oxygen atoms in total. The fourth-order valence-corrected chi connectivity index (χ4v) is 2.15. The second-order valence-electron chi connectivity index (χ2n) is 2.38. The van der Waals surface area contributed by atoms with Gasteiger partial charge >= 0.3 is 0 Å². The Bertz CT molecular complexity index is 414. The van der Waals surface area contributed by atoms with Gasteiger partial charge in [0.05, 0.1) is 4.34 Å². The molecule has 62 valence electrons. The molecule has 3 N–H and O–H groups in total. The molecule has 0 saturated carbocycles. The summed E-state index contributed by atoms with van der Waals surface area (Å²) >= 11 is 7.13. The SMILES string of the molecule is NC(=O)c1cc2cc(Cl)sc2[nH]1. The molecule has 0 saturated heterocycles. The Labute approximate surface area is 77.1 Å². The first-order valence-electron chi connectivity index (χ1n) is 3.24. The highest BCUT2D eigenvalue weighted by molar-refractivity contribution is 7.22. The van der Waals surface area contributed by atoms with Gasteiger partial charge in [-0.3, -0.25) is 4.79 Å². The molecule has 0 spiro atoms. The molecule has 0 fully saturated rings. The zero-order chi connectivity index (χ0) is 8.72. The monoisotopic (exact) mass is 200 g/mol. The Morgan fingerprint density at radius 3 is 2.92 bits per heavy atom. The van der Waals surface area contributed by atoms with Gasteiger partial charge < -0.3 is 10.7 Å². The quantitative estimate of drug-likeness (QED) is 0.727. The normalized spacial score (nSPS) is 10.8. The van der Waals surface area contributed by atoms with Crippen LogP contribution in [0.1, 0.15) is 10.5 Å². The van der Waals surface area contributed by atoms with E-state index in [2.05, 4.69) is 4.98 Å². The number of hydrogen-bond acceptors (Lipinski definition) is 2. The van der Waals surface area contributed by atoms with Crippen molar-refractivity contribution in [3.63, 3.8) is 0 Å². The van der Waals surface area contributed by atoms with Gasteiger partial charge in [-0.2, -0.15) is 0 Å². The Balaban J connectivity index is 2.64. The van der Waals surface area contributed by atoms with Gasteiger partial charge in [0.2, 0.25) is 0 Å². The summed E-state index contributed by atoms with van der Waals surface area (Å²) in [5, 5.41) is 0.929. The number of rotatable bonds is 1. The lowest BCUT2D eigenvalue weighted by atomic mass is 10.3. The maximum atomic E-state index is 10.7. The van der Waals surface area contributed by atoms with Gasteiger partial charge in [0.15, 0.2) is 0 Å². The third-order valence-corrected chi connectivity index (χ3v) is 2.74. The second-order valence-corrected chi connectivity index (χ2v) is 4.07. The van der Waals surface area contributed by atoms with Gasteiger partial charge in [0, 0.05) is 5.39 Å². The van der Waals surface area contributed by atoms with Gasteiger partial charge in [0.25, 0.3) is 5.91 Å². The van der Waals surface area contributed by atoms with Crippen LogP contribution in [0.5, 0.6) is 0 Å². The zero-order valence-corrected chi connectivity index (χ0v) is 7.50. The summed E-state index contributed by atoms with van der Waals surface area (Å²) in [4.78, 5) is 14.5. The Morgan fingerprint density at radius 1 is 1.58 bits per heavy atom. The molecular formula is C7H5ClN2OS. The van der Waals surface area contributed by atoms with Crippen LogP contribution in [0.3, 0.4) is 0 Å². The molecule has 2 rings (SSSR count). The zero-order valence-electron chi connectivity index (χ0n) is 5.93. The van der Waals surface area contributed by atoms with E-state index in [0.717, 1.165) is 10.2 Å². The number of nitrogens with one attached hydrogen (secondary N) is 1. The molecule has 2 heterocycles. The van der Waals surface area contributed by atoms with Crippen molar-refractivity contribution in [3.05, 3.63) is 22.2 Å². The van der Waals surface area contributed by atoms with Crippen LogP contribution in [0, 0.1) is 0 Å². The number of carbonyl (C=O) groups is 1. The summed E-state index contributed by atoms with van der Waals surface area (Å²) < 4.78 is 0.701. The van der Waals surface area contributed by atoms with Gasteiger partial charge in [-0.25, -0.2) is 0 Å². The highest BCUT2D eigenvalue weighted by atomic mass is 35.5. The fourth-order valence-electron chi connectivity index (χ4n) is 1.03. The number of hydrogen-bond donors (Lipinski definition) is 2. The molecule has 0 aliphatic rings. The number of fused-ring (bicyclic) bond motifs is 1. The maximum Gasteiger partial charge on any atom is 0.265 e. The minimum absolute atomic E-state index is 0.424. The number of carbonyl (C=O) groups excluding carboxylic acids is 1. The molecule has 0 bridgehead atoms. The number of primary amides is 1. The summed E-state index contributed by atoms with van der Waals surface area (Å²) in [5.41, 5.74) is 5.50. The van der Waals surface area contributed by atoms with E-state index in [-0.39, 0.29) is 0 Å². The summed E-state index contributed by atoms with van der Waals surface area (Å²) in [6.07, 6.45) is 0. The third kappa shape index (κ3) is 1.09. The molecule has 0 aliphatic carbocycles. The van der Waals surface area contributed by atoms with Gasteiger partial charge in [0.1, 0.15) is 10.5 Å². The standard InChI is InChI=1S/C7H5ClN2OS/c8-5-2-3-1-4(6(9)11)10-7(3)12-5/h1-2,10H,(H2,9,11). The maximum absolute atomic E-state index is 10.7. The van der Waals surface area contributed by atoms with Gasteiger partial charge in [-0.05, 0) is 12.1 Å². The van der Waals surface area contributed by atoms with Crippen LogP contribution in [-0.4, -0.2) is 10.9 Å². The Morgan fingerprint density at radius 2 is 2.33 bits per heavy atom. The first-order chi connectivity index (χ1) is 5.66. The molecule has 1 amide bonds. The van der Waals surface area contributed by atoms with E-state index in [1.165, 1.54) is 11.3 Å². The summed E-state index contributed by atoms with van der Waals surface area (Å²) in [5.74, 6) is -0.450. The molecule has 12 heavy (non-hydrogen) atoms. The lowest BCUT2D eigenvalue weighted by molar-refractivity contribution is 0.0996. The lowest BCUT2D eigenvalue weighted by Crippen LogP contribution is -2.10. The predicted octanol–water partition coefficient (Wildman–Crippen LogP) is 1.98. The highest BCUT2D eigenvalue weighted by Crippen LogP contribution is 2.29. The summed E-state index contributed by atoms with van der Waals surface area (Å²) in [7, 11) is 0. The molecule has 0 aromatic carbocycles. The Kier molecular flexibility index (Phi) is 1.59. The second kappa shape index (κ2) is 2.50. The summed E-state index contributed by atoms with van der Waals surface area (Å²) in [6.45, 7) is 0. The molecule has 0 unspecified atom stereocenters. The number of nitrogens with two attached hydrogens (primary N) is 1. The number of aromatic nitrogens is 1. The van der Waals surface area contributed by atoms with Crippen LogP contribution in [0.2, 0.25) is 4.34 Å². The average molecular weight is 201 g/mol. The van der Waals surface area contributed by atoms with Crippen molar-refractivity contribution < 1.29 is 4.79 Å². The fraction of sp³-hybridized carbons (Fsp3) is 0. The van der Waals surface area contributed by atoms with Crippen molar-refractivity contribution >= 4 is 39.1 Å². The minimum Gasteiger partial charge on any atom is -0.364 e. The van der Waals surface area contributed by atoms with E-state index in [0.29, 0.717) is 10.0 Å². The van der Waals surface area contributed by atoms with Crippen LogP contribution in [-0.2, 0) is 0 Å². The molecule has 0 aliphatic heterocycles. The third-order valence-electron chi connectivity index (χ3n) is 1.54.